The third-order valence-electron chi connectivity index (χ3n) is 4.72. The van der Waals surface area contributed by atoms with Crippen LogP contribution in [0.4, 0.5) is 11.4 Å². The molecule has 154 valence electrons. The van der Waals surface area contributed by atoms with Gasteiger partial charge in [-0.15, -0.1) is 0 Å². The molecular formula is C25H26N2O3. The van der Waals surface area contributed by atoms with E-state index in [2.05, 4.69) is 22.8 Å². The van der Waals surface area contributed by atoms with Gasteiger partial charge >= 0.3 is 0 Å². The Morgan fingerprint density at radius 2 is 1.57 bits per heavy atom. The lowest BCUT2D eigenvalue weighted by Crippen LogP contribution is -2.32. The summed E-state index contributed by atoms with van der Waals surface area (Å²) in [6.07, 6.45) is -0.102. The van der Waals surface area contributed by atoms with Gasteiger partial charge in [0, 0.05) is 18.3 Å². The Hall–Kier alpha value is -3.60. The van der Waals surface area contributed by atoms with Crippen LogP contribution in [-0.4, -0.2) is 17.9 Å². The minimum absolute atomic E-state index is 0.157. The Kier molecular flexibility index (Phi) is 6.86. The topological polar surface area (TPSA) is 67.4 Å². The number of nitrogens with one attached hydrogen (secondary N) is 2. The van der Waals surface area contributed by atoms with Crippen LogP contribution in [0.5, 0.6) is 5.75 Å². The van der Waals surface area contributed by atoms with Gasteiger partial charge < -0.3 is 15.4 Å². The molecule has 0 spiro atoms. The Labute approximate surface area is 177 Å². The van der Waals surface area contributed by atoms with Crippen LogP contribution < -0.4 is 15.4 Å². The average Bonchev–Trinajstić information content (AvgIpc) is 2.75. The number of rotatable bonds is 7. The van der Waals surface area contributed by atoms with E-state index >= 15 is 0 Å². The molecule has 3 rings (SSSR count). The third-order valence-corrected chi connectivity index (χ3v) is 4.72. The van der Waals surface area contributed by atoms with E-state index in [0.717, 1.165) is 16.7 Å². The second-order valence-electron chi connectivity index (χ2n) is 7.11. The number of ether oxygens (including phenoxy) is 1. The van der Waals surface area contributed by atoms with Gasteiger partial charge in [0.05, 0.1) is 0 Å². The fourth-order valence-corrected chi connectivity index (χ4v) is 3.09. The zero-order valence-electron chi connectivity index (χ0n) is 17.4. The van der Waals surface area contributed by atoms with Crippen LogP contribution in [0.15, 0.2) is 72.8 Å². The summed E-state index contributed by atoms with van der Waals surface area (Å²) < 4.78 is 5.93. The van der Waals surface area contributed by atoms with E-state index in [1.54, 1.807) is 12.1 Å². The van der Waals surface area contributed by atoms with Gasteiger partial charge in [-0.25, -0.2) is 0 Å². The summed E-state index contributed by atoms with van der Waals surface area (Å²) in [5.41, 5.74) is 4.42. The summed E-state index contributed by atoms with van der Waals surface area (Å²) in [5, 5.41) is 5.64. The third kappa shape index (κ3) is 5.47. The van der Waals surface area contributed by atoms with Gasteiger partial charge in [-0.3, -0.25) is 9.59 Å². The number of aryl methyl sites for hydroxylation is 1. The lowest BCUT2D eigenvalue weighted by molar-refractivity contribution is -0.122. The maximum absolute atomic E-state index is 12.7. The lowest BCUT2D eigenvalue weighted by atomic mass is 10.1. The maximum atomic E-state index is 12.7. The van der Waals surface area contributed by atoms with Crippen LogP contribution in [0.3, 0.4) is 0 Å². The number of carbonyl (C=O) groups is 2. The van der Waals surface area contributed by atoms with Crippen LogP contribution in [0, 0.1) is 6.92 Å². The van der Waals surface area contributed by atoms with Crippen LogP contribution in [-0.2, 0) is 9.59 Å². The zero-order valence-corrected chi connectivity index (χ0v) is 17.4. The Bertz CT molecular complexity index is 1010. The number of amides is 2. The number of anilines is 2. The molecule has 0 bridgehead atoms. The Morgan fingerprint density at radius 1 is 0.900 bits per heavy atom. The van der Waals surface area contributed by atoms with Crippen molar-refractivity contribution < 1.29 is 14.3 Å². The van der Waals surface area contributed by atoms with Gasteiger partial charge in [-0.1, -0.05) is 55.5 Å². The van der Waals surface area contributed by atoms with Crippen molar-refractivity contribution in [3.05, 3.63) is 78.4 Å². The minimum Gasteiger partial charge on any atom is -0.481 e. The highest BCUT2D eigenvalue weighted by Gasteiger charge is 2.19. The molecule has 1 atom stereocenters. The molecule has 30 heavy (non-hydrogen) atoms. The predicted molar refractivity (Wildman–Crippen MR) is 121 cm³/mol. The van der Waals surface area contributed by atoms with Crippen molar-refractivity contribution in [3.8, 4) is 16.9 Å². The van der Waals surface area contributed by atoms with Crippen LogP contribution in [0.25, 0.3) is 11.1 Å². The molecule has 0 aliphatic heterocycles. The second-order valence-corrected chi connectivity index (χ2v) is 7.11. The van der Waals surface area contributed by atoms with E-state index in [4.69, 9.17) is 4.74 Å². The first-order valence-electron chi connectivity index (χ1n) is 9.97. The summed E-state index contributed by atoms with van der Waals surface area (Å²) in [6.45, 7) is 5.25. The molecule has 0 fully saturated rings. The molecule has 0 radical (unpaired) electrons. The Morgan fingerprint density at radius 3 is 2.20 bits per heavy atom. The van der Waals surface area contributed by atoms with Crippen molar-refractivity contribution in [1.29, 1.82) is 0 Å². The second kappa shape index (κ2) is 9.74. The van der Waals surface area contributed by atoms with Gasteiger partial charge in [0.2, 0.25) is 5.91 Å². The smallest absolute Gasteiger partial charge is 0.265 e. The summed E-state index contributed by atoms with van der Waals surface area (Å²) in [4.78, 5) is 24.1. The molecule has 0 saturated carbocycles. The summed E-state index contributed by atoms with van der Waals surface area (Å²) in [6, 6.07) is 23.2. The molecule has 3 aromatic carbocycles. The molecule has 1 unspecified atom stereocenters. The maximum Gasteiger partial charge on any atom is 0.265 e. The fourth-order valence-electron chi connectivity index (χ4n) is 3.09. The number of carbonyl (C=O) groups excluding carboxylic acids is 2. The largest absolute Gasteiger partial charge is 0.481 e. The molecule has 0 aliphatic carbocycles. The first-order chi connectivity index (χ1) is 14.5. The number of hydrogen-bond donors (Lipinski definition) is 2. The minimum atomic E-state index is -0.627. The van der Waals surface area contributed by atoms with Crippen molar-refractivity contribution in [2.24, 2.45) is 0 Å². The quantitative estimate of drug-likeness (QED) is 0.555. The molecule has 0 aromatic heterocycles. The SMILES string of the molecule is CCC(Oc1ccc(-c2ccccc2)cc1)C(=O)Nc1ccc(C)c(NC(C)=O)c1. The van der Waals surface area contributed by atoms with Crippen molar-refractivity contribution in [1.82, 2.24) is 0 Å². The monoisotopic (exact) mass is 402 g/mol. The predicted octanol–water partition coefficient (Wildman–Crippen LogP) is 5.42. The van der Waals surface area contributed by atoms with E-state index in [9.17, 15) is 9.59 Å². The number of hydrogen-bond acceptors (Lipinski definition) is 3. The van der Waals surface area contributed by atoms with Gasteiger partial charge in [-0.05, 0) is 54.3 Å². The summed E-state index contributed by atoms with van der Waals surface area (Å²) >= 11 is 0. The fraction of sp³-hybridized carbons (Fsp3) is 0.200. The highest BCUT2D eigenvalue weighted by Crippen LogP contribution is 2.24. The molecule has 5 nitrogen and oxygen atoms in total. The average molecular weight is 402 g/mol. The van der Waals surface area contributed by atoms with Crippen molar-refractivity contribution >= 4 is 23.2 Å². The lowest BCUT2D eigenvalue weighted by Gasteiger charge is -2.18. The summed E-state index contributed by atoms with van der Waals surface area (Å²) in [5.74, 6) is 0.247. The first kappa shape index (κ1) is 21.1. The van der Waals surface area contributed by atoms with Crippen LogP contribution in [0.1, 0.15) is 25.8 Å². The first-order valence-corrected chi connectivity index (χ1v) is 9.97. The van der Waals surface area contributed by atoms with E-state index in [0.29, 0.717) is 23.5 Å². The highest BCUT2D eigenvalue weighted by molar-refractivity contribution is 5.96. The zero-order chi connectivity index (χ0) is 21.5. The molecule has 0 aliphatic rings. The Balaban J connectivity index is 1.67. The molecule has 0 saturated heterocycles. The van der Waals surface area contributed by atoms with E-state index in [1.165, 1.54) is 6.92 Å². The van der Waals surface area contributed by atoms with Gasteiger partial charge in [0.15, 0.2) is 6.10 Å². The van der Waals surface area contributed by atoms with Crippen molar-refractivity contribution in [2.75, 3.05) is 10.6 Å². The highest BCUT2D eigenvalue weighted by atomic mass is 16.5. The van der Waals surface area contributed by atoms with Gasteiger partial charge in [0.25, 0.3) is 5.91 Å². The van der Waals surface area contributed by atoms with Gasteiger partial charge in [-0.2, -0.15) is 0 Å². The van der Waals surface area contributed by atoms with Crippen molar-refractivity contribution in [3.63, 3.8) is 0 Å². The molecule has 3 aromatic rings. The van der Waals surface area contributed by atoms with Crippen LogP contribution >= 0.6 is 0 Å². The molecule has 2 amide bonds. The molecular weight excluding hydrogens is 376 g/mol. The van der Waals surface area contributed by atoms with Gasteiger partial charge in [0.1, 0.15) is 5.75 Å². The summed E-state index contributed by atoms with van der Waals surface area (Å²) in [7, 11) is 0. The van der Waals surface area contributed by atoms with E-state index in [1.807, 2.05) is 62.4 Å². The van der Waals surface area contributed by atoms with E-state index in [-0.39, 0.29) is 11.8 Å². The number of benzene rings is 3. The molecule has 5 heteroatoms. The molecule has 0 heterocycles. The van der Waals surface area contributed by atoms with Crippen molar-refractivity contribution in [2.45, 2.75) is 33.3 Å². The standard InChI is InChI=1S/C25H26N2O3/c1-4-24(25(29)27-21-13-10-17(2)23(16-21)26-18(3)28)30-22-14-11-20(12-15-22)19-8-6-5-7-9-19/h5-16,24H,4H2,1-3H3,(H,26,28)(H,27,29). The van der Waals surface area contributed by atoms with E-state index < -0.39 is 6.10 Å². The van der Waals surface area contributed by atoms with Crippen LogP contribution in [0.2, 0.25) is 0 Å². The normalized spacial score (nSPS) is 11.4. The molecule has 2 N–H and O–H groups in total.